The van der Waals surface area contributed by atoms with Gasteiger partial charge in [-0.3, -0.25) is 0 Å². The summed E-state index contributed by atoms with van der Waals surface area (Å²) in [6.45, 7) is -1.24. The van der Waals surface area contributed by atoms with Gasteiger partial charge >= 0.3 is 18.6 Å². The zero-order valence-corrected chi connectivity index (χ0v) is 13.6. The predicted octanol–water partition coefficient (Wildman–Crippen LogP) is 3.99. The summed E-state index contributed by atoms with van der Waals surface area (Å²) in [6.07, 6.45) is -0.589. The fourth-order valence-corrected chi connectivity index (χ4v) is 2.08. The van der Waals surface area contributed by atoms with E-state index in [-0.39, 0.29) is 11.3 Å². The van der Waals surface area contributed by atoms with Crippen molar-refractivity contribution in [2.24, 2.45) is 0 Å². The maximum absolute atomic E-state index is 12.1. The molecule has 2 aromatic rings. The van der Waals surface area contributed by atoms with E-state index in [1.54, 1.807) is 6.92 Å². The van der Waals surface area contributed by atoms with Gasteiger partial charge in [-0.1, -0.05) is 12.1 Å². The number of alkyl halides is 2. The maximum atomic E-state index is 12.1. The fourth-order valence-electron chi connectivity index (χ4n) is 2.08. The molecule has 0 heterocycles. The number of hydrogen-bond donors (Lipinski definition) is 0. The largest absolute Gasteiger partial charge is 0.465 e. The molecule has 0 saturated carbocycles. The molecule has 5 nitrogen and oxygen atoms in total. The van der Waals surface area contributed by atoms with Gasteiger partial charge in [0, 0.05) is 0 Å². The number of ether oxygens (including phenoxy) is 3. The molecule has 0 fully saturated rings. The van der Waals surface area contributed by atoms with Crippen molar-refractivity contribution in [1.82, 2.24) is 0 Å². The Labute approximate surface area is 143 Å². The summed E-state index contributed by atoms with van der Waals surface area (Å²) in [5, 5.41) is 0. The van der Waals surface area contributed by atoms with Gasteiger partial charge in [-0.2, -0.15) is 8.78 Å². The van der Waals surface area contributed by atoms with Crippen molar-refractivity contribution in [3.05, 3.63) is 65.2 Å². The quantitative estimate of drug-likeness (QED) is 0.737. The van der Waals surface area contributed by atoms with E-state index in [0.29, 0.717) is 11.1 Å². The third kappa shape index (κ3) is 5.00. The molecule has 2 rings (SSSR count). The van der Waals surface area contributed by atoms with Gasteiger partial charge in [0.15, 0.2) is 0 Å². The molecule has 25 heavy (non-hydrogen) atoms. The zero-order valence-electron chi connectivity index (χ0n) is 13.6. The molecular weight excluding hydrogens is 334 g/mol. The first-order valence-corrected chi connectivity index (χ1v) is 7.35. The van der Waals surface area contributed by atoms with Crippen LogP contribution in [0.2, 0.25) is 0 Å². The lowest BCUT2D eigenvalue weighted by Crippen LogP contribution is -2.10. The van der Waals surface area contributed by atoms with E-state index in [1.807, 2.05) is 0 Å². The van der Waals surface area contributed by atoms with Crippen LogP contribution in [0.1, 0.15) is 39.3 Å². The Bertz CT molecular complexity index is 726. The second-order valence-corrected chi connectivity index (χ2v) is 5.06. The standard InChI is InChI=1S/C18H16F2O5/c1-11(12-7-9-15(10-8-12)25-18(19)20)24-17(22)14-5-3-13(4-6-14)16(21)23-2/h3-11,18H,1-2H3. The molecule has 7 heteroatoms. The number of halogens is 2. The number of methoxy groups -OCH3 is 1. The summed E-state index contributed by atoms with van der Waals surface area (Å²) in [6, 6.07) is 11.7. The topological polar surface area (TPSA) is 61.8 Å². The van der Waals surface area contributed by atoms with Crippen LogP contribution in [0.25, 0.3) is 0 Å². The van der Waals surface area contributed by atoms with Crippen LogP contribution in [-0.4, -0.2) is 25.7 Å². The van der Waals surface area contributed by atoms with Gasteiger partial charge in [0.05, 0.1) is 18.2 Å². The van der Waals surface area contributed by atoms with Crippen molar-refractivity contribution < 1.29 is 32.6 Å². The van der Waals surface area contributed by atoms with Gasteiger partial charge in [0.25, 0.3) is 0 Å². The van der Waals surface area contributed by atoms with Gasteiger partial charge in [0.2, 0.25) is 0 Å². The van der Waals surface area contributed by atoms with Crippen molar-refractivity contribution >= 4 is 11.9 Å². The van der Waals surface area contributed by atoms with E-state index >= 15 is 0 Å². The molecule has 0 amide bonds. The highest BCUT2D eigenvalue weighted by Gasteiger charge is 2.15. The van der Waals surface area contributed by atoms with E-state index < -0.39 is 24.7 Å². The van der Waals surface area contributed by atoms with E-state index in [1.165, 1.54) is 55.6 Å². The van der Waals surface area contributed by atoms with Gasteiger partial charge in [-0.15, -0.1) is 0 Å². The van der Waals surface area contributed by atoms with Crippen molar-refractivity contribution in [2.75, 3.05) is 7.11 Å². The zero-order chi connectivity index (χ0) is 18.4. The number of hydrogen-bond acceptors (Lipinski definition) is 5. The van der Waals surface area contributed by atoms with Gasteiger partial charge in [-0.05, 0) is 48.9 Å². The molecule has 1 unspecified atom stereocenters. The lowest BCUT2D eigenvalue weighted by atomic mass is 10.1. The predicted molar refractivity (Wildman–Crippen MR) is 84.7 cm³/mol. The second kappa shape index (κ2) is 8.23. The molecule has 0 radical (unpaired) electrons. The van der Waals surface area contributed by atoms with Crippen molar-refractivity contribution in [2.45, 2.75) is 19.6 Å². The molecule has 0 N–H and O–H groups in total. The van der Waals surface area contributed by atoms with E-state index in [0.717, 1.165) is 0 Å². The van der Waals surface area contributed by atoms with Crippen molar-refractivity contribution in [3.8, 4) is 5.75 Å². The van der Waals surface area contributed by atoms with Crippen LogP contribution in [-0.2, 0) is 9.47 Å². The lowest BCUT2D eigenvalue weighted by molar-refractivity contribution is -0.0498. The molecule has 0 aliphatic heterocycles. The molecule has 0 aliphatic carbocycles. The second-order valence-electron chi connectivity index (χ2n) is 5.06. The fraction of sp³-hybridized carbons (Fsp3) is 0.222. The number of esters is 2. The smallest absolute Gasteiger partial charge is 0.387 e. The number of rotatable bonds is 6. The molecule has 0 aliphatic rings. The molecular formula is C18H16F2O5. The van der Waals surface area contributed by atoms with Crippen molar-refractivity contribution in [3.63, 3.8) is 0 Å². The lowest BCUT2D eigenvalue weighted by Gasteiger charge is -2.14. The first-order chi connectivity index (χ1) is 11.9. The minimum absolute atomic E-state index is 0.0238. The first-order valence-electron chi connectivity index (χ1n) is 7.35. The Morgan fingerprint density at radius 3 is 1.88 bits per heavy atom. The molecule has 0 spiro atoms. The summed E-state index contributed by atoms with van der Waals surface area (Å²) in [5.41, 5.74) is 1.22. The highest BCUT2D eigenvalue weighted by molar-refractivity contribution is 5.93. The number of carbonyl (C=O) groups is 2. The van der Waals surface area contributed by atoms with Crippen LogP contribution in [0, 0.1) is 0 Å². The van der Waals surface area contributed by atoms with Crippen LogP contribution in [0.15, 0.2) is 48.5 Å². The summed E-state index contributed by atoms with van der Waals surface area (Å²) in [5.74, 6) is -1.05. The first kappa shape index (κ1) is 18.4. The van der Waals surface area contributed by atoms with Gasteiger partial charge in [0.1, 0.15) is 11.9 Å². The van der Waals surface area contributed by atoms with E-state index in [2.05, 4.69) is 9.47 Å². The van der Waals surface area contributed by atoms with Crippen LogP contribution >= 0.6 is 0 Å². The third-order valence-corrected chi connectivity index (χ3v) is 3.40. The van der Waals surface area contributed by atoms with Gasteiger partial charge < -0.3 is 14.2 Å². The maximum Gasteiger partial charge on any atom is 0.387 e. The number of carbonyl (C=O) groups excluding carboxylic acids is 2. The molecule has 1 atom stereocenters. The van der Waals surface area contributed by atoms with Crippen LogP contribution in [0.3, 0.4) is 0 Å². The summed E-state index contributed by atoms with van der Waals surface area (Å²) < 4.78 is 38.4. The van der Waals surface area contributed by atoms with Crippen LogP contribution < -0.4 is 4.74 Å². The SMILES string of the molecule is COC(=O)c1ccc(C(=O)OC(C)c2ccc(OC(F)F)cc2)cc1. The Morgan fingerprint density at radius 2 is 1.40 bits per heavy atom. The molecule has 132 valence electrons. The molecule has 2 aromatic carbocycles. The Balaban J connectivity index is 2.00. The molecule has 0 aromatic heterocycles. The van der Waals surface area contributed by atoms with E-state index in [4.69, 9.17) is 4.74 Å². The van der Waals surface area contributed by atoms with Crippen LogP contribution in [0.5, 0.6) is 5.75 Å². The highest BCUT2D eigenvalue weighted by atomic mass is 19.3. The molecule has 0 saturated heterocycles. The normalized spacial score (nSPS) is 11.7. The summed E-state index contributed by atoms with van der Waals surface area (Å²) >= 11 is 0. The highest BCUT2D eigenvalue weighted by Crippen LogP contribution is 2.22. The van der Waals surface area contributed by atoms with Crippen LogP contribution in [0.4, 0.5) is 8.78 Å². The van der Waals surface area contributed by atoms with Gasteiger partial charge in [-0.25, -0.2) is 9.59 Å². The Hall–Kier alpha value is -2.96. The average molecular weight is 350 g/mol. The third-order valence-electron chi connectivity index (χ3n) is 3.40. The summed E-state index contributed by atoms with van der Waals surface area (Å²) in [7, 11) is 1.27. The monoisotopic (exact) mass is 350 g/mol. The number of benzene rings is 2. The molecule has 0 bridgehead atoms. The van der Waals surface area contributed by atoms with E-state index in [9.17, 15) is 18.4 Å². The Morgan fingerprint density at radius 1 is 0.880 bits per heavy atom. The summed E-state index contributed by atoms with van der Waals surface area (Å²) in [4.78, 5) is 23.5. The van der Waals surface area contributed by atoms with Crippen molar-refractivity contribution in [1.29, 1.82) is 0 Å². The minimum atomic E-state index is -2.89. The average Bonchev–Trinajstić information content (AvgIpc) is 2.61. The Kier molecular flexibility index (Phi) is 6.05. The minimum Gasteiger partial charge on any atom is -0.465 e.